The molecular weight excluding hydrogens is 206 g/mol. The van der Waals surface area contributed by atoms with Crippen molar-refractivity contribution in [1.29, 1.82) is 0 Å². The number of carbonyl (C=O) groups excluding carboxylic acids is 1. The molecule has 1 aliphatic rings. The van der Waals surface area contributed by atoms with Gasteiger partial charge in [-0.1, -0.05) is 18.2 Å². The largest absolute Gasteiger partial charge is 0.494 e. The predicted octanol–water partition coefficient (Wildman–Crippen LogP) is 2.26. The number of cyclic esters (lactones) is 1. The summed E-state index contributed by atoms with van der Waals surface area (Å²) in [5.41, 5.74) is 1.01. The molecule has 1 aliphatic heterocycles. The number of rotatable bonds is 3. The second-order valence-electron chi connectivity index (χ2n) is 3.59. The molecule has 1 atom stereocenters. The van der Waals surface area contributed by atoms with E-state index in [1.807, 2.05) is 31.2 Å². The number of hydrogen-bond acceptors (Lipinski definition) is 3. The molecule has 0 aliphatic carbocycles. The second kappa shape index (κ2) is 4.88. The van der Waals surface area contributed by atoms with Gasteiger partial charge in [0.1, 0.15) is 5.75 Å². The molecule has 0 saturated carbocycles. The highest BCUT2D eigenvalue weighted by molar-refractivity contribution is 5.68. The molecule has 0 aromatic heterocycles. The maximum Gasteiger partial charge on any atom is 0.407 e. The van der Waals surface area contributed by atoms with Crippen LogP contribution in [0.4, 0.5) is 4.79 Å². The summed E-state index contributed by atoms with van der Waals surface area (Å²) in [5, 5.41) is 2.79. The Morgan fingerprint density at radius 1 is 1.50 bits per heavy atom. The van der Waals surface area contributed by atoms with Crippen LogP contribution in [-0.4, -0.2) is 19.3 Å². The molecule has 0 bridgehead atoms. The van der Waals surface area contributed by atoms with Crippen molar-refractivity contribution >= 4 is 6.09 Å². The number of ether oxygens (including phenoxy) is 2. The monoisotopic (exact) mass is 221 g/mol. The molecule has 86 valence electrons. The van der Waals surface area contributed by atoms with E-state index >= 15 is 0 Å². The van der Waals surface area contributed by atoms with Gasteiger partial charge in [0.15, 0.2) is 0 Å². The Labute approximate surface area is 94.6 Å². The fraction of sp³-hybridized carbons (Fsp3) is 0.417. The highest BCUT2D eigenvalue weighted by Gasteiger charge is 2.23. The van der Waals surface area contributed by atoms with Crippen molar-refractivity contribution in [2.75, 3.05) is 13.2 Å². The summed E-state index contributed by atoms with van der Waals surface area (Å²) < 4.78 is 10.4. The van der Waals surface area contributed by atoms with Gasteiger partial charge in [-0.15, -0.1) is 0 Å². The number of benzene rings is 1. The molecule has 1 saturated heterocycles. The van der Waals surface area contributed by atoms with E-state index in [4.69, 9.17) is 9.47 Å². The van der Waals surface area contributed by atoms with Crippen LogP contribution < -0.4 is 10.1 Å². The average molecular weight is 221 g/mol. The molecule has 4 nitrogen and oxygen atoms in total. The van der Waals surface area contributed by atoms with E-state index in [0.717, 1.165) is 17.7 Å². The lowest BCUT2D eigenvalue weighted by molar-refractivity contribution is 0.115. The first kappa shape index (κ1) is 10.8. The summed E-state index contributed by atoms with van der Waals surface area (Å²) in [7, 11) is 0. The molecule has 2 rings (SSSR count). The molecule has 1 heterocycles. The third-order valence-corrected chi connectivity index (χ3v) is 2.53. The topological polar surface area (TPSA) is 47.6 Å². The zero-order valence-corrected chi connectivity index (χ0v) is 9.23. The van der Waals surface area contributed by atoms with E-state index in [1.165, 1.54) is 0 Å². The molecule has 1 aromatic rings. The minimum Gasteiger partial charge on any atom is -0.494 e. The highest BCUT2D eigenvalue weighted by atomic mass is 16.6. The van der Waals surface area contributed by atoms with Gasteiger partial charge < -0.3 is 14.8 Å². The van der Waals surface area contributed by atoms with Crippen molar-refractivity contribution in [3.8, 4) is 5.75 Å². The highest BCUT2D eigenvalue weighted by Crippen LogP contribution is 2.28. The maximum absolute atomic E-state index is 11.1. The standard InChI is InChI=1S/C12H15NO3/c1-2-15-11-6-4-3-5-9(11)10-7-8-16-12(14)13-10/h3-6,10H,2,7-8H2,1H3,(H,13,14)/t10-/m0/s1. The van der Waals surface area contributed by atoms with Gasteiger partial charge in [0.2, 0.25) is 0 Å². The molecule has 4 heteroatoms. The van der Waals surface area contributed by atoms with Crippen molar-refractivity contribution in [2.45, 2.75) is 19.4 Å². The lowest BCUT2D eigenvalue weighted by atomic mass is 10.0. The maximum atomic E-state index is 11.1. The Hall–Kier alpha value is -1.71. The van der Waals surface area contributed by atoms with E-state index < -0.39 is 0 Å². The van der Waals surface area contributed by atoms with E-state index in [-0.39, 0.29) is 12.1 Å². The minimum atomic E-state index is -0.359. The van der Waals surface area contributed by atoms with Crippen LogP contribution in [0.1, 0.15) is 24.9 Å². The minimum absolute atomic E-state index is 0.0102. The number of carbonyl (C=O) groups is 1. The van der Waals surface area contributed by atoms with Crippen molar-refractivity contribution < 1.29 is 14.3 Å². The lowest BCUT2D eigenvalue weighted by Crippen LogP contribution is -2.35. The summed E-state index contributed by atoms with van der Waals surface area (Å²) in [6.07, 6.45) is 0.415. The lowest BCUT2D eigenvalue weighted by Gasteiger charge is -2.25. The fourth-order valence-corrected chi connectivity index (χ4v) is 1.81. The molecule has 0 radical (unpaired) electrons. The summed E-state index contributed by atoms with van der Waals surface area (Å²) in [4.78, 5) is 11.1. The van der Waals surface area contributed by atoms with Crippen LogP contribution in [0.25, 0.3) is 0 Å². The van der Waals surface area contributed by atoms with Gasteiger partial charge in [0.05, 0.1) is 19.3 Å². The van der Waals surface area contributed by atoms with Crippen LogP contribution in [0.3, 0.4) is 0 Å². The molecule has 16 heavy (non-hydrogen) atoms. The molecule has 1 fully saturated rings. The van der Waals surface area contributed by atoms with Gasteiger partial charge in [0, 0.05) is 12.0 Å². The average Bonchev–Trinajstić information content (AvgIpc) is 2.30. The molecule has 0 spiro atoms. The molecule has 1 N–H and O–H groups in total. The van der Waals surface area contributed by atoms with E-state index in [1.54, 1.807) is 0 Å². The Balaban J connectivity index is 2.21. The number of alkyl carbamates (subject to hydrolysis) is 1. The zero-order chi connectivity index (χ0) is 11.4. The Kier molecular flexibility index (Phi) is 3.29. The molecule has 0 unspecified atom stereocenters. The van der Waals surface area contributed by atoms with Gasteiger partial charge in [-0.2, -0.15) is 0 Å². The number of para-hydroxylation sites is 1. The van der Waals surface area contributed by atoms with Crippen LogP contribution in [0, 0.1) is 0 Å². The third kappa shape index (κ3) is 2.27. The van der Waals surface area contributed by atoms with Gasteiger partial charge in [0.25, 0.3) is 0 Å². The first-order chi connectivity index (χ1) is 7.81. The Morgan fingerprint density at radius 2 is 2.31 bits per heavy atom. The second-order valence-corrected chi connectivity index (χ2v) is 3.59. The first-order valence-electron chi connectivity index (χ1n) is 5.46. The number of amides is 1. The summed E-state index contributed by atoms with van der Waals surface area (Å²) in [5.74, 6) is 0.831. The van der Waals surface area contributed by atoms with E-state index in [2.05, 4.69) is 5.32 Å². The van der Waals surface area contributed by atoms with E-state index in [9.17, 15) is 4.79 Å². The first-order valence-corrected chi connectivity index (χ1v) is 5.46. The van der Waals surface area contributed by atoms with Crippen molar-refractivity contribution in [1.82, 2.24) is 5.32 Å². The van der Waals surface area contributed by atoms with Gasteiger partial charge in [-0.05, 0) is 13.0 Å². The van der Waals surface area contributed by atoms with Crippen molar-refractivity contribution in [3.63, 3.8) is 0 Å². The molecular formula is C12H15NO3. The smallest absolute Gasteiger partial charge is 0.407 e. The normalized spacial score (nSPS) is 19.8. The Bertz CT molecular complexity index is 378. The van der Waals surface area contributed by atoms with Gasteiger partial charge in [-0.3, -0.25) is 0 Å². The fourth-order valence-electron chi connectivity index (χ4n) is 1.81. The molecule has 1 amide bonds. The summed E-state index contributed by atoms with van der Waals surface area (Å²) in [6.45, 7) is 3.02. The van der Waals surface area contributed by atoms with Crippen LogP contribution in [0.2, 0.25) is 0 Å². The third-order valence-electron chi connectivity index (χ3n) is 2.53. The molecule has 1 aromatic carbocycles. The van der Waals surface area contributed by atoms with Crippen LogP contribution in [-0.2, 0) is 4.74 Å². The quantitative estimate of drug-likeness (QED) is 0.851. The van der Waals surface area contributed by atoms with Crippen molar-refractivity contribution in [3.05, 3.63) is 29.8 Å². The van der Waals surface area contributed by atoms with Crippen LogP contribution in [0.5, 0.6) is 5.75 Å². The zero-order valence-electron chi connectivity index (χ0n) is 9.23. The summed E-state index contributed by atoms with van der Waals surface area (Å²) >= 11 is 0. The van der Waals surface area contributed by atoms with Gasteiger partial charge in [-0.25, -0.2) is 4.79 Å². The van der Waals surface area contributed by atoms with Gasteiger partial charge >= 0.3 is 6.09 Å². The van der Waals surface area contributed by atoms with Crippen LogP contribution in [0.15, 0.2) is 24.3 Å². The number of nitrogens with one attached hydrogen (secondary N) is 1. The predicted molar refractivity (Wildman–Crippen MR) is 59.5 cm³/mol. The summed E-state index contributed by atoms with van der Waals surface area (Å²) in [6, 6.07) is 7.75. The van der Waals surface area contributed by atoms with E-state index in [0.29, 0.717) is 13.2 Å². The van der Waals surface area contributed by atoms with Crippen LogP contribution >= 0.6 is 0 Å². The number of hydrogen-bond donors (Lipinski definition) is 1. The SMILES string of the molecule is CCOc1ccccc1[C@@H]1CCOC(=O)N1. The Morgan fingerprint density at radius 3 is 3.06 bits per heavy atom. The van der Waals surface area contributed by atoms with Crippen molar-refractivity contribution in [2.24, 2.45) is 0 Å².